The molecular weight excluding hydrogens is 562 g/mol. The molecule has 162 valence electrons. The standard InChI is InChI=1S/C23H16Br2ClN3O3/c24-15-5-8-17(9-6-15)32-13-21(30)27-28-22-18-11-16(25)7-10-20(18)29(23(22)31)12-14-3-1-2-4-19(14)26/h1-11,31H,12-13H2. The molecule has 9 heteroatoms. The molecule has 0 saturated heterocycles. The highest BCUT2D eigenvalue weighted by atomic mass is 79.9. The second-order valence-corrected chi connectivity index (χ2v) is 9.09. The van der Waals surface area contributed by atoms with Crippen molar-refractivity contribution in [1.29, 1.82) is 0 Å². The molecule has 1 amide bonds. The maximum Gasteiger partial charge on any atom is 0.302 e. The Kier molecular flexibility index (Phi) is 6.93. The van der Waals surface area contributed by atoms with Crippen LogP contribution in [0.3, 0.4) is 0 Å². The number of aromatic nitrogens is 1. The van der Waals surface area contributed by atoms with Crippen molar-refractivity contribution in [3.8, 4) is 11.6 Å². The molecule has 6 nitrogen and oxygen atoms in total. The third kappa shape index (κ3) is 5.03. The van der Waals surface area contributed by atoms with Crippen molar-refractivity contribution in [3.63, 3.8) is 0 Å². The Labute approximate surface area is 205 Å². The van der Waals surface area contributed by atoms with Gasteiger partial charge in [-0.1, -0.05) is 61.7 Å². The Morgan fingerprint density at radius 1 is 1.03 bits per heavy atom. The zero-order valence-corrected chi connectivity index (χ0v) is 20.4. The van der Waals surface area contributed by atoms with E-state index >= 15 is 0 Å². The van der Waals surface area contributed by atoms with E-state index in [1.807, 2.05) is 48.5 Å². The summed E-state index contributed by atoms with van der Waals surface area (Å²) in [5.41, 5.74) is 1.77. The van der Waals surface area contributed by atoms with Gasteiger partial charge in [-0.25, -0.2) is 0 Å². The minimum atomic E-state index is -0.575. The van der Waals surface area contributed by atoms with Gasteiger partial charge >= 0.3 is 5.91 Å². The van der Waals surface area contributed by atoms with Crippen molar-refractivity contribution in [2.45, 2.75) is 6.54 Å². The van der Waals surface area contributed by atoms with E-state index in [9.17, 15) is 9.90 Å². The molecule has 0 saturated carbocycles. The van der Waals surface area contributed by atoms with Crippen LogP contribution in [0, 0.1) is 0 Å². The van der Waals surface area contributed by atoms with E-state index in [0.717, 1.165) is 20.0 Å². The molecule has 1 aromatic heterocycles. The molecule has 0 aliphatic carbocycles. The number of carbonyl (C=O) groups excluding carboxylic acids is 1. The number of aromatic hydroxyl groups is 1. The summed E-state index contributed by atoms with van der Waals surface area (Å²) in [6, 6.07) is 20.0. The molecule has 0 aliphatic rings. The predicted octanol–water partition coefficient (Wildman–Crippen LogP) is 7.26. The van der Waals surface area contributed by atoms with Crippen LogP contribution in [0.2, 0.25) is 5.02 Å². The molecule has 1 heterocycles. The fourth-order valence-electron chi connectivity index (χ4n) is 3.16. The van der Waals surface area contributed by atoms with Crippen LogP contribution in [0.25, 0.3) is 10.9 Å². The van der Waals surface area contributed by atoms with E-state index in [1.165, 1.54) is 0 Å². The molecule has 0 spiro atoms. The predicted molar refractivity (Wildman–Crippen MR) is 131 cm³/mol. The fourth-order valence-corrected chi connectivity index (χ4v) is 3.98. The summed E-state index contributed by atoms with van der Waals surface area (Å²) >= 11 is 13.1. The number of halogens is 3. The smallest absolute Gasteiger partial charge is 0.302 e. The summed E-state index contributed by atoms with van der Waals surface area (Å²) in [6.07, 6.45) is 0. The highest BCUT2D eigenvalue weighted by Gasteiger charge is 2.18. The summed E-state index contributed by atoms with van der Waals surface area (Å²) in [5, 5.41) is 19.9. The Hall–Kier alpha value is -2.68. The van der Waals surface area contributed by atoms with Crippen LogP contribution in [0.4, 0.5) is 5.69 Å². The van der Waals surface area contributed by atoms with Gasteiger partial charge in [0.2, 0.25) is 5.88 Å². The first-order valence-corrected chi connectivity index (χ1v) is 11.5. The van der Waals surface area contributed by atoms with Gasteiger partial charge in [0.15, 0.2) is 12.3 Å². The minimum absolute atomic E-state index is 0.108. The summed E-state index contributed by atoms with van der Waals surface area (Å²) < 4.78 is 8.83. The van der Waals surface area contributed by atoms with E-state index < -0.39 is 5.91 Å². The summed E-state index contributed by atoms with van der Waals surface area (Å²) in [7, 11) is 0. The number of hydrogen-bond donors (Lipinski definition) is 1. The normalized spacial score (nSPS) is 11.3. The number of hydrogen-bond acceptors (Lipinski definition) is 4. The number of azo groups is 1. The van der Waals surface area contributed by atoms with Crippen molar-refractivity contribution in [2.24, 2.45) is 10.2 Å². The molecule has 0 unspecified atom stereocenters. The van der Waals surface area contributed by atoms with Gasteiger partial charge in [0.05, 0.1) is 12.1 Å². The van der Waals surface area contributed by atoms with Crippen LogP contribution in [0.1, 0.15) is 5.56 Å². The highest BCUT2D eigenvalue weighted by molar-refractivity contribution is 9.10. The maximum absolute atomic E-state index is 12.2. The molecule has 3 aromatic carbocycles. The molecule has 0 bridgehead atoms. The van der Waals surface area contributed by atoms with Crippen LogP contribution in [-0.4, -0.2) is 22.2 Å². The average Bonchev–Trinajstić information content (AvgIpc) is 3.03. The zero-order chi connectivity index (χ0) is 22.7. The molecule has 0 aliphatic heterocycles. The maximum atomic E-state index is 12.2. The first-order chi connectivity index (χ1) is 15.4. The molecule has 0 radical (unpaired) electrons. The van der Waals surface area contributed by atoms with Crippen molar-refractivity contribution < 1.29 is 14.6 Å². The Morgan fingerprint density at radius 3 is 2.50 bits per heavy atom. The monoisotopic (exact) mass is 575 g/mol. The topological polar surface area (TPSA) is 76.2 Å². The quantitative estimate of drug-likeness (QED) is 0.245. The second kappa shape index (κ2) is 9.85. The summed E-state index contributed by atoms with van der Waals surface area (Å²) in [5.74, 6) is -0.141. The van der Waals surface area contributed by atoms with Crippen molar-refractivity contribution >= 4 is 66.0 Å². The van der Waals surface area contributed by atoms with Crippen LogP contribution >= 0.6 is 43.5 Å². The van der Waals surface area contributed by atoms with E-state index in [0.29, 0.717) is 22.7 Å². The molecule has 32 heavy (non-hydrogen) atoms. The first-order valence-electron chi connectivity index (χ1n) is 9.49. The largest absolute Gasteiger partial charge is 0.493 e. The SMILES string of the molecule is O=C(COc1ccc(Br)cc1)N=Nc1c(O)n(Cc2ccccc2Cl)c2ccc(Br)cc12. The lowest BCUT2D eigenvalue weighted by atomic mass is 10.2. The van der Waals surface area contributed by atoms with Crippen LogP contribution < -0.4 is 4.74 Å². The number of ether oxygens (including phenoxy) is 1. The summed E-state index contributed by atoms with van der Waals surface area (Å²) in [4.78, 5) is 12.2. The van der Waals surface area contributed by atoms with Crippen molar-refractivity contribution in [1.82, 2.24) is 4.57 Å². The molecule has 0 atom stereocenters. The summed E-state index contributed by atoms with van der Waals surface area (Å²) in [6.45, 7) is 0.0631. The van der Waals surface area contributed by atoms with Crippen molar-refractivity contribution in [2.75, 3.05) is 6.61 Å². The van der Waals surface area contributed by atoms with Gasteiger partial charge in [0.25, 0.3) is 0 Å². The van der Waals surface area contributed by atoms with Crippen molar-refractivity contribution in [3.05, 3.63) is 86.3 Å². The second-order valence-electron chi connectivity index (χ2n) is 6.85. The Morgan fingerprint density at radius 2 is 1.75 bits per heavy atom. The third-order valence-electron chi connectivity index (χ3n) is 4.70. The molecule has 4 rings (SSSR count). The van der Waals surface area contributed by atoms with Gasteiger partial charge < -0.3 is 14.4 Å². The number of fused-ring (bicyclic) bond motifs is 1. The molecule has 4 aromatic rings. The molecular formula is C23H16Br2ClN3O3. The lowest BCUT2D eigenvalue weighted by molar-refractivity contribution is -0.120. The average molecular weight is 578 g/mol. The van der Waals surface area contributed by atoms with Crippen LogP contribution in [0.15, 0.2) is 85.9 Å². The first kappa shape index (κ1) is 22.5. The number of carbonyl (C=O) groups is 1. The lowest BCUT2D eigenvalue weighted by Crippen LogP contribution is -2.07. The van der Waals surface area contributed by atoms with E-state index in [2.05, 4.69) is 42.1 Å². The van der Waals surface area contributed by atoms with Gasteiger partial charge in [0.1, 0.15) is 5.75 Å². The van der Waals surface area contributed by atoms with E-state index in [1.54, 1.807) is 22.8 Å². The van der Waals surface area contributed by atoms with Gasteiger partial charge in [-0.2, -0.15) is 0 Å². The highest BCUT2D eigenvalue weighted by Crippen LogP contribution is 2.40. The Balaban J connectivity index is 1.61. The van der Waals surface area contributed by atoms with Gasteiger partial charge in [-0.05, 0) is 54.1 Å². The van der Waals surface area contributed by atoms with E-state index in [4.69, 9.17) is 16.3 Å². The van der Waals surface area contributed by atoms with Gasteiger partial charge in [-0.15, -0.1) is 10.2 Å². The van der Waals surface area contributed by atoms with E-state index in [-0.39, 0.29) is 18.2 Å². The zero-order valence-electron chi connectivity index (χ0n) is 16.5. The van der Waals surface area contributed by atoms with Gasteiger partial charge in [0, 0.05) is 19.4 Å². The van der Waals surface area contributed by atoms with Crippen LogP contribution in [-0.2, 0) is 11.3 Å². The molecule has 0 fully saturated rings. The molecule has 1 N–H and O–H groups in total. The van der Waals surface area contributed by atoms with Gasteiger partial charge in [-0.3, -0.25) is 4.79 Å². The Bertz CT molecular complexity index is 1320. The number of amides is 1. The number of rotatable bonds is 6. The number of benzene rings is 3. The fraction of sp³-hybridized carbons (Fsp3) is 0.0870. The number of nitrogens with zero attached hydrogens (tertiary/aromatic N) is 3. The third-order valence-corrected chi connectivity index (χ3v) is 6.09. The van der Waals surface area contributed by atoms with Crippen LogP contribution in [0.5, 0.6) is 11.6 Å². The minimum Gasteiger partial charge on any atom is -0.493 e. The lowest BCUT2D eigenvalue weighted by Gasteiger charge is -2.08.